The second-order valence-corrected chi connectivity index (χ2v) is 4.30. The molecule has 2 rings (SSSR count). The van der Waals surface area contributed by atoms with E-state index < -0.39 is 10.8 Å². The maximum atomic E-state index is 12.1. The topological polar surface area (TPSA) is 97.4 Å². The fraction of sp³-hybridized carbons (Fsp3) is 0.154. The van der Waals surface area contributed by atoms with E-state index in [0.717, 1.165) is 5.69 Å². The Morgan fingerprint density at radius 3 is 2.60 bits per heavy atom. The normalized spacial score (nSPS) is 10.3. The summed E-state index contributed by atoms with van der Waals surface area (Å²) in [6.45, 7) is 1.83. The lowest BCUT2D eigenvalue weighted by Crippen LogP contribution is -2.17. The number of aryl methyl sites for hydroxylation is 1. The van der Waals surface area contributed by atoms with Crippen molar-refractivity contribution in [3.05, 3.63) is 51.8 Å². The number of carbonyl (C=O) groups excluding carboxylic acids is 1. The second kappa shape index (κ2) is 5.04. The van der Waals surface area contributed by atoms with Crippen molar-refractivity contribution in [3.63, 3.8) is 0 Å². The van der Waals surface area contributed by atoms with Gasteiger partial charge in [0.2, 0.25) is 0 Å². The molecule has 1 aromatic heterocycles. The molecule has 0 fully saturated rings. The largest absolute Gasteiger partial charge is 0.505 e. The number of nitrogens with one attached hydrogen (secondary N) is 1. The SMILES string of the molecule is Cc1ccc(C(=O)Nc2c(O)cccc2[N+](=O)[O-])n1C. The predicted molar refractivity (Wildman–Crippen MR) is 72.9 cm³/mol. The van der Waals surface area contributed by atoms with Crippen molar-refractivity contribution in [1.82, 2.24) is 4.57 Å². The highest BCUT2D eigenvalue weighted by Crippen LogP contribution is 2.33. The van der Waals surface area contributed by atoms with Crippen LogP contribution in [-0.4, -0.2) is 20.5 Å². The Morgan fingerprint density at radius 2 is 2.05 bits per heavy atom. The number of phenolic OH excluding ortho intramolecular Hbond substituents is 1. The third kappa shape index (κ3) is 2.33. The van der Waals surface area contributed by atoms with Gasteiger partial charge in [-0.15, -0.1) is 0 Å². The predicted octanol–water partition coefficient (Wildman–Crippen LogP) is 2.20. The molecule has 2 aromatic rings. The molecule has 2 N–H and O–H groups in total. The zero-order valence-electron chi connectivity index (χ0n) is 11.0. The van der Waals surface area contributed by atoms with Gasteiger partial charge in [0.05, 0.1) is 4.92 Å². The van der Waals surface area contributed by atoms with E-state index in [4.69, 9.17) is 0 Å². The quantitative estimate of drug-likeness (QED) is 0.509. The summed E-state index contributed by atoms with van der Waals surface area (Å²) in [5.41, 5.74) is 0.660. The standard InChI is InChI=1S/C13H13N3O4/c1-8-6-7-10(15(8)2)13(18)14-12-9(16(19)20)4-3-5-11(12)17/h3-7,17H,1-2H3,(H,14,18). The molecule has 1 amide bonds. The van der Waals surface area contributed by atoms with E-state index in [9.17, 15) is 20.0 Å². The molecule has 0 aliphatic heterocycles. The van der Waals surface area contributed by atoms with Crippen molar-refractivity contribution in [2.45, 2.75) is 6.92 Å². The summed E-state index contributed by atoms with van der Waals surface area (Å²) in [5, 5.41) is 23.0. The van der Waals surface area contributed by atoms with Gasteiger partial charge in [0.1, 0.15) is 11.4 Å². The van der Waals surface area contributed by atoms with Crippen LogP contribution in [0.25, 0.3) is 0 Å². The number of nitro benzene ring substituents is 1. The second-order valence-electron chi connectivity index (χ2n) is 4.30. The van der Waals surface area contributed by atoms with Crippen LogP contribution in [0.1, 0.15) is 16.2 Å². The average Bonchev–Trinajstić information content (AvgIpc) is 2.72. The van der Waals surface area contributed by atoms with E-state index in [0.29, 0.717) is 5.69 Å². The number of rotatable bonds is 3. The molecular formula is C13H13N3O4. The molecule has 0 radical (unpaired) electrons. The molecule has 20 heavy (non-hydrogen) atoms. The Hall–Kier alpha value is -2.83. The molecule has 0 aliphatic carbocycles. The van der Waals surface area contributed by atoms with Crippen molar-refractivity contribution in [1.29, 1.82) is 0 Å². The molecule has 0 saturated carbocycles. The molecule has 0 saturated heterocycles. The summed E-state index contributed by atoms with van der Waals surface area (Å²) < 4.78 is 1.65. The summed E-state index contributed by atoms with van der Waals surface area (Å²) >= 11 is 0. The highest BCUT2D eigenvalue weighted by atomic mass is 16.6. The highest BCUT2D eigenvalue weighted by molar-refractivity contribution is 6.05. The molecule has 0 bridgehead atoms. The minimum Gasteiger partial charge on any atom is -0.505 e. The van der Waals surface area contributed by atoms with E-state index in [1.165, 1.54) is 18.2 Å². The fourth-order valence-corrected chi connectivity index (χ4v) is 1.83. The summed E-state index contributed by atoms with van der Waals surface area (Å²) in [4.78, 5) is 22.3. The first-order chi connectivity index (χ1) is 9.41. The number of benzene rings is 1. The van der Waals surface area contributed by atoms with Crippen LogP contribution in [0, 0.1) is 17.0 Å². The van der Waals surface area contributed by atoms with Gasteiger partial charge in [0.15, 0.2) is 5.69 Å². The Kier molecular flexibility index (Phi) is 3.43. The van der Waals surface area contributed by atoms with Gasteiger partial charge >= 0.3 is 0 Å². The van der Waals surface area contributed by atoms with Crippen LogP contribution in [0.15, 0.2) is 30.3 Å². The van der Waals surface area contributed by atoms with Crippen LogP contribution in [-0.2, 0) is 7.05 Å². The third-order valence-corrected chi connectivity index (χ3v) is 3.06. The maximum absolute atomic E-state index is 12.1. The first-order valence-electron chi connectivity index (χ1n) is 5.82. The first-order valence-corrected chi connectivity index (χ1v) is 5.82. The lowest BCUT2D eigenvalue weighted by atomic mass is 10.2. The zero-order chi connectivity index (χ0) is 14.9. The molecule has 7 heteroatoms. The molecule has 0 spiro atoms. The number of carbonyl (C=O) groups is 1. The summed E-state index contributed by atoms with van der Waals surface area (Å²) in [6, 6.07) is 7.20. The van der Waals surface area contributed by atoms with Crippen LogP contribution in [0.4, 0.5) is 11.4 Å². The van der Waals surface area contributed by atoms with E-state index in [1.807, 2.05) is 6.92 Å². The number of phenols is 1. The van der Waals surface area contributed by atoms with Crippen molar-refractivity contribution >= 4 is 17.3 Å². The number of para-hydroxylation sites is 1. The van der Waals surface area contributed by atoms with Crippen LogP contribution in [0.3, 0.4) is 0 Å². The Balaban J connectivity index is 2.38. The Morgan fingerprint density at radius 1 is 1.35 bits per heavy atom. The van der Waals surface area contributed by atoms with Crippen molar-refractivity contribution in [3.8, 4) is 5.75 Å². The summed E-state index contributed by atoms with van der Waals surface area (Å²) in [7, 11) is 1.71. The summed E-state index contributed by atoms with van der Waals surface area (Å²) in [5.74, 6) is -0.872. The van der Waals surface area contributed by atoms with Gasteiger partial charge in [-0.25, -0.2) is 0 Å². The monoisotopic (exact) mass is 275 g/mol. The first kappa shape index (κ1) is 13.6. The van der Waals surface area contributed by atoms with Gasteiger partial charge < -0.3 is 15.0 Å². The molecule has 1 heterocycles. The molecular weight excluding hydrogens is 262 g/mol. The minimum absolute atomic E-state index is 0.207. The van der Waals surface area contributed by atoms with Crippen molar-refractivity contribution < 1.29 is 14.8 Å². The Bertz CT molecular complexity index is 691. The number of nitro groups is 1. The van der Waals surface area contributed by atoms with Crippen LogP contribution >= 0.6 is 0 Å². The van der Waals surface area contributed by atoms with Crippen molar-refractivity contribution in [2.24, 2.45) is 7.05 Å². The number of hydrogen-bond donors (Lipinski definition) is 2. The lowest BCUT2D eigenvalue weighted by molar-refractivity contribution is -0.384. The molecule has 104 valence electrons. The van der Waals surface area contributed by atoms with Gasteiger partial charge in [-0.3, -0.25) is 14.9 Å². The summed E-state index contributed by atoms with van der Waals surface area (Å²) in [6.07, 6.45) is 0. The van der Waals surface area contributed by atoms with Crippen LogP contribution in [0.5, 0.6) is 5.75 Å². The Labute approximate surface area is 114 Å². The van der Waals surface area contributed by atoms with Gasteiger partial charge in [-0.05, 0) is 25.1 Å². The van der Waals surface area contributed by atoms with Crippen LogP contribution in [0.2, 0.25) is 0 Å². The number of aromatic nitrogens is 1. The van der Waals surface area contributed by atoms with Gasteiger partial charge in [0, 0.05) is 18.8 Å². The van der Waals surface area contributed by atoms with Crippen molar-refractivity contribution in [2.75, 3.05) is 5.32 Å². The smallest absolute Gasteiger partial charge is 0.296 e. The average molecular weight is 275 g/mol. The molecule has 0 atom stereocenters. The van der Waals surface area contributed by atoms with E-state index >= 15 is 0 Å². The number of aromatic hydroxyl groups is 1. The molecule has 0 unspecified atom stereocenters. The van der Waals surface area contributed by atoms with Crippen LogP contribution < -0.4 is 5.32 Å². The number of amides is 1. The van der Waals surface area contributed by atoms with E-state index in [1.54, 1.807) is 23.7 Å². The minimum atomic E-state index is -0.661. The van der Waals surface area contributed by atoms with E-state index in [-0.39, 0.29) is 17.1 Å². The third-order valence-electron chi connectivity index (χ3n) is 3.06. The fourth-order valence-electron chi connectivity index (χ4n) is 1.83. The molecule has 7 nitrogen and oxygen atoms in total. The number of nitrogens with zero attached hydrogens (tertiary/aromatic N) is 2. The maximum Gasteiger partial charge on any atom is 0.296 e. The molecule has 0 aliphatic rings. The van der Waals surface area contributed by atoms with Gasteiger partial charge in [0.25, 0.3) is 11.6 Å². The lowest BCUT2D eigenvalue weighted by Gasteiger charge is -2.09. The van der Waals surface area contributed by atoms with Gasteiger partial charge in [-0.1, -0.05) is 6.07 Å². The number of anilines is 1. The zero-order valence-corrected chi connectivity index (χ0v) is 11.0. The number of hydrogen-bond acceptors (Lipinski definition) is 4. The molecule has 1 aromatic carbocycles. The highest BCUT2D eigenvalue weighted by Gasteiger charge is 2.21. The van der Waals surface area contributed by atoms with Gasteiger partial charge in [-0.2, -0.15) is 0 Å². The van der Waals surface area contributed by atoms with E-state index in [2.05, 4.69) is 5.32 Å².